The van der Waals surface area contributed by atoms with Crippen LogP contribution in [0, 0.1) is 0 Å². The first-order valence-corrected chi connectivity index (χ1v) is 9.79. The van der Waals surface area contributed by atoms with Crippen LogP contribution in [-0.4, -0.2) is 121 Å². The number of fused-ring (bicyclic) bond motifs is 4. The number of carbonyl (C=O) groups excluding carboxylic acids is 2. The van der Waals surface area contributed by atoms with Crippen molar-refractivity contribution >= 4 is 25.9 Å². The fourth-order valence-corrected chi connectivity index (χ4v) is 4.51. The van der Waals surface area contributed by atoms with E-state index >= 15 is 0 Å². The van der Waals surface area contributed by atoms with Crippen LogP contribution >= 0.6 is 0 Å². The molecule has 5 rings (SSSR count). The molecule has 18 heteroatoms. The summed E-state index contributed by atoms with van der Waals surface area (Å²) in [6, 6.07) is 0. The quantitative estimate of drug-likeness (QED) is 0.278. The van der Waals surface area contributed by atoms with Crippen LogP contribution in [0.25, 0.3) is 0 Å². The molecule has 2 spiro atoms. The number of hydrogen-bond donors (Lipinski definition) is 4. The number of carbonyl (C=O) groups is 2. The number of carboxylic acid groups (broad SMARTS) is 2. The molecule has 5 fully saturated rings. The Labute approximate surface area is 178 Å². The monoisotopic (exact) mass is 464 g/mol. The third-order valence-corrected chi connectivity index (χ3v) is 6.08. The van der Waals surface area contributed by atoms with Gasteiger partial charge in [0.05, 0.1) is 48.6 Å². The van der Waals surface area contributed by atoms with Crippen molar-refractivity contribution in [3.63, 3.8) is 0 Å². The van der Waals surface area contributed by atoms with E-state index in [2.05, 4.69) is 0 Å². The van der Waals surface area contributed by atoms with E-state index in [-0.39, 0.29) is 13.2 Å². The van der Waals surface area contributed by atoms with Crippen LogP contribution in [0.1, 0.15) is 0 Å². The number of carboxylic acids is 2. The summed E-state index contributed by atoms with van der Waals surface area (Å²) in [6.45, 7) is -7.48. The summed E-state index contributed by atoms with van der Waals surface area (Å²) in [6.07, 6.45) is -18.5. The molecule has 5 aliphatic rings. The summed E-state index contributed by atoms with van der Waals surface area (Å²) in [4.78, 5) is 23.2. The highest BCUT2D eigenvalue weighted by Gasteiger charge is 2.60. The second-order valence-corrected chi connectivity index (χ2v) is 8.09. The van der Waals surface area contributed by atoms with Crippen LogP contribution in [0.2, 0.25) is 0 Å². The zero-order valence-corrected chi connectivity index (χ0v) is 16.0. The maximum Gasteiger partial charge on any atom is 0.532 e. The maximum atomic E-state index is 11.6. The number of aliphatic hydroxyl groups excluding tert-OH is 4. The van der Waals surface area contributed by atoms with Gasteiger partial charge in [-0.15, -0.1) is 0 Å². The third-order valence-electron chi connectivity index (χ3n) is 6.08. The van der Waals surface area contributed by atoms with Crippen molar-refractivity contribution in [2.75, 3.05) is 13.2 Å². The zero-order chi connectivity index (χ0) is 23.0. The van der Waals surface area contributed by atoms with Crippen molar-refractivity contribution in [2.45, 2.75) is 61.0 Å². The van der Waals surface area contributed by atoms with Crippen LogP contribution < -0.4 is 10.2 Å². The van der Waals surface area contributed by atoms with Crippen LogP contribution in [0.3, 0.4) is 0 Å². The summed E-state index contributed by atoms with van der Waals surface area (Å²) < 4.78 is 42.8. The lowest BCUT2D eigenvalue weighted by Gasteiger charge is -2.60. The van der Waals surface area contributed by atoms with E-state index in [1.807, 2.05) is 0 Å². The number of aliphatic carboxylic acids is 2. The molecule has 0 aromatic rings. The number of hydrogen-bond acceptors (Lipinski definition) is 16. The Morgan fingerprint density at radius 2 is 1.03 bits per heavy atom. The smallest absolute Gasteiger partial charge is 0.532 e. The topological polar surface area (TPSA) is 235 Å². The molecule has 0 aliphatic carbocycles. The normalized spacial score (nSPS) is 55.0. The molecular weight excluding hydrogens is 446 g/mol. The summed E-state index contributed by atoms with van der Waals surface area (Å²) in [5.74, 6) is -3.94. The van der Waals surface area contributed by atoms with Crippen molar-refractivity contribution in [3.05, 3.63) is 0 Å². The number of aliphatic hydroxyl groups is 4. The second-order valence-electron chi connectivity index (χ2n) is 8.09. The molecule has 5 heterocycles. The Hall–Kier alpha value is -1.41. The lowest BCUT2D eigenvalue weighted by Crippen LogP contribution is -2.76. The van der Waals surface area contributed by atoms with Crippen molar-refractivity contribution in [1.29, 1.82) is 0 Å². The molecular formula is C14H18B2O16-4. The minimum atomic E-state index is -3.87. The van der Waals surface area contributed by atoms with Gasteiger partial charge in [0.25, 0.3) is 0 Å². The molecule has 0 radical (unpaired) electrons. The van der Waals surface area contributed by atoms with E-state index in [0.29, 0.717) is 0 Å². The highest BCUT2D eigenvalue weighted by molar-refractivity contribution is 6.55. The van der Waals surface area contributed by atoms with Crippen molar-refractivity contribution in [2.24, 2.45) is 0 Å². The van der Waals surface area contributed by atoms with Gasteiger partial charge in [-0.1, -0.05) is 0 Å². The third kappa shape index (κ3) is 3.35. The molecule has 0 saturated carbocycles. The first-order chi connectivity index (χ1) is 15.0. The van der Waals surface area contributed by atoms with Gasteiger partial charge >= 0.3 is 13.9 Å². The summed E-state index contributed by atoms with van der Waals surface area (Å²) in [7, 11) is 0. The lowest BCUT2D eigenvalue weighted by molar-refractivity contribution is -0.339. The van der Waals surface area contributed by atoms with Gasteiger partial charge in [0, 0.05) is 13.2 Å². The fourth-order valence-electron chi connectivity index (χ4n) is 4.51. The molecule has 6 bridgehead atoms. The Bertz CT molecular complexity index is 733. The van der Waals surface area contributed by atoms with E-state index in [1.165, 1.54) is 0 Å². The van der Waals surface area contributed by atoms with E-state index in [1.54, 1.807) is 0 Å². The van der Waals surface area contributed by atoms with E-state index in [9.17, 15) is 40.2 Å². The first-order valence-electron chi connectivity index (χ1n) is 9.79. The molecule has 0 amide bonds. The molecule has 5 saturated heterocycles. The summed E-state index contributed by atoms with van der Waals surface area (Å²) in [5, 5.41) is 65.6. The highest BCUT2D eigenvalue weighted by Crippen LogP contribution is 2.40. The van der Waals surface area contributed by atoms with Crippen LogP contribution in [0.5, 0.6) is 0 Å². The Balaban J connectivity index is 1.60. The minimum absolute atomic E-state index is 0.344. The lowest BCUT2D eigenvalue weighted by atomic mass is 9.85. The fraction of sp³-hybridized carbons (Fsp3) is 0.857. The zero-order valence-electron chi connectivity index (χ0n) is 16.0. The SMILES string of the molecule is O=C([O-])C1O[B-]23OC(C(=O)[O-])C(O)C(O2)C(O)C2CO[B-]4(OCC(O4)C(O)C(O3)C1O)O2. The Morgan fingerprint density at radius 1 is 0.625 bits per heavy atom. The average Bonchev–Trinajstić information content (AvgIpc) is 3.36. The highest BCUT2D eigenvalue weighted by atomic mass is 16.9. The largest absolute Gasteiger partial charge is 0.547 e. The molecule has 180 valence electrons. The first kappa shape index (κ1) is 22.4. The van der Waals surface area contributed by atoms with E-state index in [4.69, 9.17) is 37.2 Å². The van der Waals surface area contributed by atoms with Gasteiger partial charge in [-0.05, 0) is 0 Å². The molecule has 0 aromatic carbocycles. The van der Waals surface area contributed by atoms with Crippen LogP contribution in [0.4, 0.5) is 0 Å². The van der Waals surface area contributed by atoms with Gasteiger partial charge in [-0.3, -0.25) is 0 Å². The van der Waals surface area contributed by atoms with Gasteiger partial charge in [0.1, 0.15) is 24.4 Å². The predicted molar refractivity (Wildman–Crippen MR) is 86.7 cm³/mol. The average molecular weight is 464 g/mol. The van der Waals surface area contributed by atoms with Crippen molar-refractivity contribution < 1.29 is 77.5 Å². The Kier molecular flexibility index (Phi) is 5.28. The van der Waals surface area contributed by atoms with Gasteiger partial charge in [0.2, 0.25) is 0 Å². The molecule has 0 aromatic heterocycles. The van der Waals surface area contributed by atoms with Crippen molar-refractivity contribution in [3.8, 4) is 0 Å². The molecule has 16 nitrogen and oxygen atoms in total. The van der Waals surface area contributed by atoms with E-state index in [0.717, 1.165) is 0 Å². The van der Waals surface area contributed by atoms with Gasteiger partial charge < -0.3 is 77.5 Å². The van der Waals surface area contributed by atoms with E-state index < -0.39 is 86.9 Å². The maximum absolute atomic E-state index is 11.6. The van der Waals surface area contributed by atoms with Gasteiger partial charge in [0.15, 0.2) is 0 Å². The summed E-state index contributed by atoms with van der Waals surface area (Å²) in [5.41, 5.74) is 0. The van der Waals surface area contributed by atoms with Gasteiger partial charge in [-0.2, -0.15) is 0 Å². The predicted octanol–water partition coefficient (Wildman–Crippen LogP) is -7.79. The molecule has 10 unspecified atom stereocenters. The minimum Gasteiger partial charge on any atom is -0.547 e. The van der Waals surface area contributed by atoms with Crippen LogP contribution in [-0.2, 0) is 46.8 Å². The molecule has 4 N–H and O–H groups in total. The second kappa shape index (κ2) is 7.55. The molecule has 32 heavy (non-hydrogen) atoms. The van der Waals surface area contributed by atoms with Crippen LogP contribution in [0.15, 0.2) is 0 Å². The Morgan fingerprint density at radius 3 is 1.41 bits per heavy atom. The molecule has 5 aliphatic heterocycles. The molecule has 10 atom stereocenters. The van der Waals surface area contributed by atoms with Crippen molar-refractivity contribution in [1.82, 2.24) is 0 Å². The number of rotatable bonds is 2. The van der Waals surface area contributed by atoms with Gasteiger partial charge in [-0.25, -0.2) is 0 Å². The standard InChI is InChI=1S/C14H20B2O16/c17-5-3-1-25-15(27-3)26-2-4(28-15)6(18)10-8(20)12(14(23)24)32-16(30-10)29-9(5)7(19)11(31-16)13(21)22/h3-12,17-20H,1-2H2,(H,21,22)(H,23,24)/q-2/p-2. The summed E-state index contributed by atoms with van der Waals surface area (Å²) >= 11 is 0.